The molecule has 0 radical (unpaired) electrons. The fraction of sp³-hybridized carbons (Fsp3) is 0.467. The maximum Gasteiger partial charge on any atom is 0.600 e. The third kappa shape index (κ3) is 2.89. The lowest BCUT2D eigenvalue weighted by atomic mass is 9.88. The van der Waals surface area contributed by atoms with Gasteiger partial charge in [0.25, 0.3) is 0 Å². The van der Waals surface area contributed by atoms with E-state index in [1.807, 2.05) is 12.1 Å². The van der Waals surface area contributed by atoms with Gasteiger partial charge in [0, 0.05) is 17.4 Å². The summed E-state index contributed by atoms with van der Waals surface area (Å²) in [5.41, 5.74) is -4.14. The van der Waals surface area contributed by atoms with Crippen LogP contribution in [0.5, 0.6) is 0 Å². The molecular formula is C15H16BrF3S. The Morgan fingerprint density at radius 3 is 2.30 bits per heavy atom. The predicted octanol–water partition coefficient (Wildman–Crippen LogP) is 3.12. The summed E-state index contributed by atoms with van der Waals surface area (Å²) in [6, 6.07) is 8.77. The Kier molecular flexibility index (Phi) is 4.80. The lowest BCUT2D eigenvalue weighted by molar-refractivity contribution is -0.0868. The number of hydrogen-bond acceptors (Lipinski definition) is 0. The van der Waals surface area contributed by atoms with Gasteiger partial charge in [-0.2, -0.15) is 0 Å². The molecule has 1 aliphatic carbocycles. The molecule has 1 aromatic heterocycles. The van der Waals surface area contributed by atoms with Gasteiger partial charge in [0.05, 0.1) is 10.5 Å². The van der Waals surface area contributed by atoms with Gasteiger partial charge in [0.15, 0.2) is 9.58 Å². The second-order valence-electron chi connectivity index (χ2n) is 5.17. The second-order valence-corrected chi connectivity index (χ2v) is 7.16. The summed E-state index contributed by atoms with van der Waals surface area (Å²) < 4.78 is 40.7. The summed E-state index contributed by atoms with van der Waals surface area (Å²) in [6.45, 7) is 0. The molecule has 1 unspecified atom stereocenters. The van der Waals surface area contributed by atoms with E-state index in [2.05, 4.69) is 0 Å². The summed E-state index contributed by atoms with van der Waals surface area (Å²) in [5, 5.41) is 0.767. The Balaban J connectivity index is 0.00000147. The van der Waals surface area contributed by atoms with E-state index < -0.39 is 16.0 Å². The zero-order valence-corrected chi connectivity index (χ0v) is 13.3. The lowest BCUT2D eigenvalue weighted by Gasteiger charge is -2.18. The van der Waals surface area contributed by atoms with E-state index in [1.165, 1.54) is 0 Å². The Morgan fingerprint density at radius 2 is 1.65 bits per heavy atom. The highest BCUT2D eigenvalue weighted by molar-refractivity contribution is 7.38. The summed E-state index contributed by atoms with van der Waals surface area (Å²) in [7, 11) is -1.69. The Morgan fingerprint density at radius 1 is 1.00 bits per heavy atom. The molecular weight excluding hydrogens is 349 g/mol. The molecule has 0 spiro atoms. The molecule has 0 saturated heterocycles. The molecule has 0 bridgehead atoms. The lowest BCUT2D eigenvalue weighted by Crippen LogP contribution is -3.00. The maximum absolute atomic E-state index is 13.4. The topological polar surface area (TPSA) is 0 Å². The molecule has 1 atom stereocenters. The zero-order chi connectivity index (χ0) is 13.5. The van der Waals surface area contributed by atoms with Crippen LogP contribution in [0.25, 0.3) is 10.1 Å². The molecule has 1 aliphatic rings. The third-order valence-corrected chi connectivity index (χ3v) is 6.11. The summed E-state index contributed by atoms with van der Waals surface area (Å²) in [5.74, 6) is 0.131. The van der Waals surface area contributed by atoms with Gasteiger partial charge in [-0.25, -0.2) is 0 Å². The number of hydrogen-bond donors (Lipinski definition) is 0. The van der Waals surface area contributed by atoms with Crippen molar-refractivity contribution in [2.75, 3.05) is 0 Å². The molecule has 1 saturated carbocycles. The van der Waals surface area contributed by atoms with E-state index in [4.69, 9.17) is 0 Å². The Hall–Kier alpha value is -0.550. The minimum Gasteiger partial charge on any atom is -1.00 e. The molecule has 1 aromatic carbocycles. The van der Waals surface area contributed by atoms with Crippen molar-refractivity contribution in [1.82, 2.24) is 0 Å². The summed E-state index contributed by atoms with van der Waals surface area (Å²) in [4.78, 5) is 0.633. The van der Waals surface area contributed by atoms with E-state index in [-0.39, 0.29) is 22.9 Å². The number of rotatable bonds is 1. The third-order valence-electron chi connectivity index (χ3n) is 3.91. The summed E-state index contributed by atoms with van der Waals surface area (Å²) >= 11 is 0. The molecule has 0 N–H and O–H groups in total. The second kappa shape index (κ2) is 6.06. The van der Waals surface area contributed by atoms with Gasteiger partial charge in [-0.15, -0.1) is 13.2 Å². The first-order valence-corrected chi connectivity index (χ1v) is 7.91. The number of thiophene rings is 1. The van der Waals surface area contributed by atoms with Crippen LogP contribution in [0.15, 0.2) is 30.3 Å². The minimum atomic E-state index is -4.14. The highest BCUT2D eigenvalue weighted by Crippen LogP contribution is 2.54. The van der Waals surface area contributed by atoms with Crippen molar-refractivity contribution < 1.29 is 30.2 Å². The van der Waals surface area contributed by atoms with Crippen LogP contribution in [0.4, 0.5) is 13.2 Å². The van der Waals surface area contributed by atoms with Crippen LogP contribution in [0.3, 0.4) is 0 Å². The summed E-state index contributed by atoms with van der Waals surface area (Å²) in [6.07, 6.45) is 5.12. The monoisotopic (exact) mass is 364 g/mol. The van der Waals surface area contributed by atoms with Gasteiger partial charge in [-0.3, -0.25) is 0 Å². The van der Waals surface area contributed by atoms with Crippen LogP contribution in [0.2, 0.25) is 0 Å². The van der Waals surface area contributed by atoms with Gasteiger partial charge in [-0.05, 0) is 25.0 Å². The van der Waals surface area contributed by atoms with E-state index in [1.54, 1.807) is 18.2 Å². The Labute approximate surface area is 129 Å². The zero-order valence-electron chi connectivity index (χ0n) is 10.9. The number of alkyl halides is 3. The van der Waals surface area contributed by atoms with Gasteiger partial charge < -0.3 is 17.0 Å². The normalized spacial score (nSPS) is 18.1. The van der Waals surface area contributed by atoms with Crippen molar-refractivity contribution in [2.24, 2.45) is 0 Å². The fourth-order valence-corrected chi connectivity index (χ4v) is 5.22. The molecule has 5 heteroatoms. The first kappa shape index (κ1) is 15.8. The van der Waals surface area contributed by atoms with Crippen molar-refractivity contribution in [3.63, 3.8) is 0 Å². The predicted molar refractivity (Wildman–Crippen MR) is 73.6 cm³/mol. The van der Waals surface area contributed by atoms with E-state index >= 15 is 0 Å². The molecule has 110 valence electrons. The number of halogens is 4. The molecule has 1 fully saturated rings. The van der Waals surface area contributed by atoms with Gasteiger partial charge in [0.1, 0.15) is 0 Å². The van der Waals surface area contributed by atoms with Crippen molar-refractivity contribution in [3.05, 3.63) is 35.2 Å². The first-order valence-electron chi connectivity index (χ1n) is 6.69. The molecule has 0 nitrogen and oxygen atoms in total. The van der Waals surface area contributed by atoms with E-state index in [0.717, 1.165) is 37.5 Å². The molecule has 0 aliphatic heterocycles. The van der Waals surface area contributed by atoms with Crippen LogP contribution < -0.4 is 17.0 Å². The van der Waals surface area contributed by atoms with Crippen LogP contribution in [0, 0.1) is 0 Å². The Bertz CT molecular complexity index is 582. The highest BCUT2D eigenvalue weighted by atomic mass is 79.9. The first-order chi connectivity index (χ1) is 9.07. The number of benzene rings is 1. The van der Waals surface area contributed by atoms with Crippen LogP contribution in [-0.2, 0) is 5.51 Å². The van der Waals surface area contributed by atoms with Crippen LogP contribution >= 0.6 is 10.5 Å². The smallest absolute Gasteiger partial charge is 0.600 e. The van der Waals surface area contributed by atoms with Crippen molar-refractivity contribution in [1.29, 1.82) is 0 Å². The van der Waals surface area contributed by atoms with E-state index in [0.29, 0.717) is 9.58 Å². The van der Waals surface area contributed by atoms with Crippen molar-refractivity contribution >= 4 is 20.6 Å². The average Bonchev–Trinajstić information content (AvgIpc) is 2.79. The van der Waals surface area contributed by atoms with Crippen LogP contribution in [0.1, 0.15) is 42.9 Å². The van der Waals surface area contributed by atoms with Gasteiger partial charge in [-0.1, -0.05) is 31.4 Å². The van der Waals surface area contributed by atoms with Gasteiger partial charge >= 0.3 is 5.51 Å². The molecule has 0 amide bonds. The quantitative estimate of drug-likeness (QED) is 0.682. The van der Waals surface area contributed by atoms with Crippen molar-refractivity contribution in [2.45, 2.75) is 43.5 Å². The SMILES string of the molecule is FC(F)(F)[s+]1c(C2CCCCC2)cc2ccccc21.[Br-]. The van der Waals surface area contributed by atoms with Crippen molar-refractivity contribution in [3.8, 4) is 0 Å². The molecule has 1 heterocycles. The number of fused-ring (bicyclic) bond motifs is 1. The standard InChI is InChI=1S/C15H16F3S.BrH/c16-15(17,18)19-13-9-5-4-8-12(13)10-14(19)11-6-2-1-3-7-11;/h4-5,8-11H,1-3,6-7H2;1H/q+1;/p-1. The van der Waals surface area contributed by atoms with Crippen LogP contribution in [-0.4, -0.2) is 0 Å². The fourth-order valence-electron chi connectivity index (χ4n) is 3.05. The average molecular weight is 365 g/mol. The highest BCUT2D eigenvalue weighted by Gasteiger charge is 2.49. The largest absolute Gasteiger partial charge is 1.00 e. The molecule has 2 aromatic rings. The maximum atomic E-state index is 13.4. The minimum absolute atomic E-state index is 0. The van der Waals surface area contributed by atoms with Gasteiger partial charge in [0.2, 0.25) is 0 Å². The molecule has 20 heavy (non-hydrogen) atoms. The van der Waals surface area contributed by atoms with E-state index in [9.17, 15) is 13.2 Å². The molecule has 3 rings (SSSR count).